The molecule has 2 bridgehead atoms. The normalized spacial score (nSPS) is 36.5. The van der Waals surface area contributed by atoms with Gasteiger partial charge in [-0.05, 0) is 40.5 Å². The van der Waals surface area contributed by atoms with Gasteiger partial charge in [0.15, 0.2) is 0 Å². The molecule has 0 spiro atoms. The lowest BCUT2D eigenvalue weighted by Crippen LogP contribution is -2.51. The Morgan fingerprint density at radius 3 is 2.47 bits per heavy atom. The van der Waals surface area contributed by atoms with E-state index in [9.17, 15) is 14.7 Å². The Bertz CT molecular complexity index is 406. The highest BCUT2D eigenvalue weighted by molar-refractivity contribution is 5.78. The standard InChI is InChI=1S/C13H21NO5/c1-11(2,3)19-10(17)14-5-8-13(9(15)16)6-12(4,7-13)18-8/h8H,5-7H2,1-4H3,(H,14,17)(H,15,16). The second-order valence-corrected chi connectivity index (χ2v) is 6.75. The van der Waals surface area contributed by atoms with Crippen LogP contribution in [0.5, 0.6) is 0 Å². The zero-order valence-corrected chi connectivity index (χ0v) is 11.8. The van der Waals surface area contributed by atoms with Gasteiger partial charge in [-0.25, -0.2) is 4.79 Å². The number of aliphatic carboxylic acids is 1. The summed E-state index contributed by atoms with van der Waals surface area (Å²) in [5, 5.41) is 11.9. The van der Waals surface area contributed by atoms with E-state index in [-0.39, 0.29) is 12.1 Å². The molecule has 3 aliphatic rings. The monoisotopic (exact) mass is 271 g/mol. The lowest BCUT2D eigenvalue weighted by molar-refractivity contribution is -0.154. The Morgan fingerprint density at radius 2 is 2.00 bits per heavy atom. The molecule has 0 aromatic rings. The number of nitrogens with one attached hydrogen (secondary N) is 1. The number of hydrogen-bond acceptors (Lipinski definition) is 4. The number of carboxylic acids is 1. The van der Waals surface area contributed by atoms with Crippen LogP contribution in [0.3, 0.4) is 0 Å². The molecule has 108 valence electrons. The minimum absolute atomic E-state index is 0.163. The maximum Gasteiger partial charge on any atom is 0.407 e. The summed E-state index contributed by atoms with van der Waals surface area (Å²) < 4.78 is 10.8. The summed E-state index contributed by atoms with van der Waals surface area (Å²) in [4.78, 5) is 22.9. The van der Waals surface area contributed by atoms with Crippen LogP contribution in [0.25, 0.3) is 0 Å². The number of fused-ring (bicyclic) bond motifs is 1. The molecule has 1 amide bonds. The van der Waals surface area contributed by atoms with E-state index >= 15 is 0 Å². The van der Waals surface area contributed by atoms with Crippen molar-refractivity contribution in [2.45, 2.75) is 57.8 Å². The van der Waals surface area contributed by atoms with Crippen molar-refractivity contribution in [3.05, 3.63) is 0 Å². The molecule has 6 heteroatoms. The number of carboxylic acid groups (broad SMARTS) is 1. The third-order valence-electron chi connectivity index (χ3n) is 3.68. The van der Waals surface area contributed by atoms with E-state index in [1.54, 1.807) is 20.8 Å². The largest absolute Gasteiger partial charge is 0.481 e. The van der Waals surface area contributed by atoms with Crippen molar-refractivity contribution < 1.29 is 24.2 Å². The second kappa shape index (κ2) is 4.10. The number of carbonyl (C=O) groups is 2. The summed E-state index contributed by atoms with van der Waals surface area (Å²) in [6.45, 7) is 7.39. The Labute approximate surface area is 112 Å². The number of amides is 1. The average molecular weight is 271 g/mol. The van der Waals surface area contributed by atoms with Gasteiger partial charge in [0.2, 0.25) is 0 Å². The van der Waals surface area contributed by atoms with E-state index in [2.05, 4.69) is 5.32 Å². The van der Waals surface area contributed by atoms with Crippen LogP contribution in [-0.2, 0) is 14.3 Å². The van der Waals surface area contributed by atoms with Gasteiger partial charge in [0.05, 0.1) is 11.7 Å². The third-order valence-corrected chi connectivity index (χ3v) is 3.68. The zero-order valence-electron chi connectivity index (χ0n) is 11.8. The minimum atomic E-state index is -0.849. The highest BCUT2D eigenvalue weighted by Crippen LogP contribution is 2.61. The molecule has 1 saturated carbocycles. The van der Waals surface area contributed by atoms with Gasteiger partial charge in [0.25, 0.3) is 0 Å². The number of alkyl carbamates (subject to hydrolysis) is 1. The molecule has 2 heterocycles. The van der Waals surface area contributed by atoms with Gasteiger partial charge in [-0.1, -0.05) is 0 Å². The van der Waals surface area contributed by atoms with E-state index in [4.69, 9.17) is 9.47 Å². The van der Waals surface area contributed by atoms with Crippen LogP contribution in [0.1, 0.15) is 40.5 Å². The second-order valence-electron chi connectivity index (χ2n) is 6.75. The van der Waals surface area contributed by atoms with Gasteiger partial charge < -0.3 is 19.9 Å². The molecule has 19 heavy (non-hydrogen) atoms. The van der Waals surface area contributed by atoms with Gasteiger partial charge in [0.1, 0.15) is 11.0 Å². The van der Waals surface area contributed by atoms with Crippen molar-refractivity contribution in [3.8, 4) is 0 Å². The van der Waals surface area contributed by atoms with E-state index in [0.29, 0.717) is 12.8 Å². The Hall–Kier alpha value is -1.30. The molecule has 0 aromatic carbocycles. The molecule has 2 N–H and O–H groups in total. The number of ether oxygens (including phenoxy) is 2. The number of hydrogen-bond donors (Lipinski definition) is 2. The van der Waals surface area contributed by atoms with Crippen molar-refractivity contribution in [2.75, 3.05) is 6.54 Å². The van der Waals surface area contributed by atoms with Crippen LogP contribution in [0.15, 0.2) is 0 Å². The van der Waals surface area contributed by atoms with Gasteiger partial charge >= 0.3 is 12.1 Å². The van der Waals surface area contributed by atoms with E-state index in [1.807, 2.05) is 6.92 Å². The molecule has 3 rings (SSSR count). The summed E-state index contributed by atoms with van der Waals surface area (Å²) in [5.74, 6) is -0.849. The van der Waals surface area contributed by atoms with Crippen LogP contribution in [-0.4, -0.2) is 41.0 Å². The van der Waals surface area contributed by atoms with Crippen molar-refractivity contribution >= 4 is 12.1 Å². The number of carbonyl (C=O) groups excluding carboxylic acids is 1. The molecule has 2 saturated heterocycles. The molecule has 2 aliphatic heterocycles. The van der Waals surface area contributed by atoms with Gasteiger partial charge in [-0.15, -0.1) is 0 Å². The van der Waals surface area contributed by atoms with Crippen LogP contribution in [0, 0.1) is 5.41 Å². The predicted octanol–water partition coefficient (Wildman–Crippen LogP) is 1.53. The Balaban J connectivity index is 1.90. The van der Waals surface area contributed by atoms with Gasteiger partial charge in [0, 0.05) is 6.54 Å². The lowest BCUT2D eigenvalue weighted by Gasteiger charge is -2.39. The molecule has 0 radical (unpaired) electrons. The summed E-state index contributed by atoms with van der Waals surface area (Å²) in [7, 11) is 0. The third kappa shape index (κ3) is 2.54. The summed E-state index contributed by atoms with van der Waals surface area (Å²) in [6, 6.07) is 0. The maximum atomic E-state index is 11.6. The van der Waals surface area contributed by atoms with Crippen molar-refractivity contribution in [3.63, 3.8) is 0 Å². The summed E-state index contributed by atoms with van der Waals surface area (Å²) in [6.07, 6.45) is -0.0140. The van der Waals surface area contributed by atoms with Gasteiger partial charge in [-0.2, -0.15) is 0 Å². The molecule has 1 atom stereocenters. The first-order valence-corrected chi connectivity index (χ1v) is 6.44. The zero-order chi connectivity index (χ0) is 14.5. The highest BCUT2D eigenvalue weighted by Gasteiger charge is 2.69. The molecular weight excluding hydrogens is 250 g/mol. The molecule has 6 nitrogen and oxygen atoms in total. The van der Waals surface area contributed by atoms with Crippen LogP contribution >= 0.6 is 0 Å². The topological polar surface area (TPSA) is 84.9 Å². The lowest BCUT2D eigenvalue weighted by atomic mass is 9.60. The first-order valence-electron chi connectivity index (χ1n) is 6.44. The van der Waals surface area contributed by atoms with Gasteiger partial charge in [-0.3, -0.25) is 4.79 Å². The number of rotatable bonds is 3. The van der Waals surface area contributed by atoms with E-state index in [0.717, 1.165) is 0 Å². The molecular formula is C13H21NO5. The predicted molar refractivity (Wildman–Crippen MR) is 66.8 cm³/mol. The first-order chi connectivity index (χ1) is 8.56. The fourth-order valence-corrected chi connectivity index (χ4v) is 3.07. The minimum Gasteiger partial charge on any atom is -0.481 e. The molecule has 3 fully saturated rings. The fraction of sp³-hybridized carbons (Fsp3) is 0.846. The smallest absolute Gasteiger partial charge is 0.407 e. The van der Waals surface area contributed by atoms with Crippen LogP contribution in [0.2, 0.25) is 0 Å². The first kappa shape index (κ1) is 14.1. The Morgan fingerprint density at radius 1 is 1.42 bits per heavy atom. The van der Waals surface area contributed by atoms with E-state index in [1.165, 1.54) is 0 Å². The molecule has 1 unspecified atom stereocenters. The van der Waals surface area contributed by atoms with Crippen molar-refractivity contribution in [1.29, 1.82) is 0 Å². The van der Waals surface area contributed by atoms with Crippen LogP contribution < -0.4 is 5.32 Å². The molecule has 1 aliphatic carbocycles. The van der Waals surface area contributed by atoms with Crippen molar-refractivity contribution in [1.82, 2.24) is 5.32 Å². The average Bonchev–Trinajstić information content (AvgIpc) is 2.60. The summed E-state index contributed by atoms with van der Waals surface area (Å²) in [5.41, 5.74) is -1.76. The quantitative estimate of drug-likeness (QED) is 0.813. The SMILES string of the molecule is CC(C)(C)OC(=O)NCC1OC2(C)CC1(C(=O)O)C2. The maximum absolute atomic E-state index is 11.6. The highest BCUT2D eigenvalue weighted by atomic mass is 16.6. The van der Waals surface area contributed by atoms with Crippen molar-refractivity contribution in [2.24, 2.45) is 5.41 Å². The van der Waals surface area contributed by atoms with Crippen LogP contribution in [0.4, 0.5) is 4.79 Å². The molecule has 0 aromatic heterocycles. The summed E-state index contributed by atoms with van der Waals surface area (Å²) >= 11 is 0. The van der Waals surface area contributed by atoms with E-state index < -0.39 is 29.2 Å². The Kier molecular flexibility index (Phi) is 3.04. The fourth-order valence-electron chi connectivity index (χ4n) is 3.07.